The second-order valence-electron chi connectivity index (χ2n) is 6.02. The fourth-order valence-electron chi connectivity index (χ4n) is 2.91. The summed E-state index contributed by atoms with van der Waals surface area (Å²) in [5, 5.41) is 8.41. The largest absolute Gasteiger partial charge is 0.379 e. The maximum atomic E-state index is 12.6. The van der Waals surface area contributed by atoms with E-state index in [0.29, 0.717) is 25.1 Å². The number of sulfonamides is 1. The Bertz CT molecular complexity index is 787. The lowest BCUT2D eigenvalue weighted by Gasteiger charge is -2.25. The Morgan fingerprint density at radius 3 is 2.78 bits per heavy atom. The van der Waals surface area contributed by atoms with Crippen LogP contribution in [0.2, 0.25) is 0 Å². The molecule has 23 heavy (non-hydrogen) atoms. The summed E-state index contributed by atoms with van der Waals surface area (Å²) in [6.45, 7) is 1.22. The molecule has 1 aliphatic heterocycles. The van der Waals surface area contributed by atoms with Crippen LogP contribution in [0.4, 0.5) is 5.82 Å². The van der Waals surface area contributed by atoms with E-state index in [1.165, 1.54) is 12.6 Å². The number of rotatable bonds is 5. The van der Waals surface area contributed by atoms with Crippen molar-refractivity contribution >= 4 is 15.8 Å². The zero-order valence-electron chi connectivity index (χ0n) is 12.6. The number of ether oxygens (including phenoxy) is 1. The first-order valence-electron chi connectivity index (χ1n) is 7.82. The zero-order valence-corrected chi connectivity index (χ0v) is 13.4. The molecule has 1 unspecified atom stereocenters. The molecule has 1 aliphatic carbocycles. The third kappa shape index (κ3) is 2.74. The molecule has 8 nitrogen and oxygen atoms in total. The maximum absolute atomic E-state index is 12.6. The van der Waals surface area contributed by atoms with E-state index in [9.17, 15) is 8.42 Å². The fraction of sp³-hybridized carbons (Fsp3) is 0.571. The number of hydrogen-bond acceptors (Lipinski definition) is 5. The Balaban J connectivity index is 1.55. The Kier molecular flexibility index (Phi) is 3.61. The average Bonchev–Trinajstić information content (AvgIpc) is 3.16. The van der Waals surface area contributed by atoms with Crippen LogP contribution in [0.5, 0.6) is 0 Å². The van der Waals surface area contributed by atoms with E-state index in [4.69, 9.17) is 4.74 Å². The molecule has 3 heterocycles. The number of nitrogens with zero attached hydrogens (tertiary/aromatic N) is 4. The minimum atomic E-state index is -3.67. The minimum absolute atomic E-state index is 0.0698. The predicted octanol–water partition coefficient (Wildman–Crippen LogP) is 1.57. The van der Waals surface area contributed by atoms with Gasteiger partial charge in [0.2, 0.25) is 0 Å². The van der Waals surface area contributed by atoms with Crippen molar-refractivity contribution < 1.29 is 13.2 Å². The summed E-state index contributed by atoms with van der Waals surface area (Å²) >= 11 is 0. The van der Waals surface area contributed by atoms with Gasteiger partial charge in [0.05, 0.1) is 31.1 Å². The summed E-state index contributed by atoms with van der Waals surface area (Å²) in [7, 11) is -3.67. The van der Waals surface area contributed by atoms with Crippen molar-refractivity contribution in [3.63, 3.8) is 0 Å². The first kappa shape index (κ1) is 14.7. The summed E-state index contributed by atoms with van der Waals surface area (Å²) < 4.78 is 36.5. The van der Waals surface area contributed by atoms with Crippen molar-refractivity contribution in [1.82, 2.24) is 19.6 Å². The van der Waals surface area contributed by atoms with Gasteiger partial charge >= 0.3 is 0 Å². The molecule has 1 saturated carbocycles. The van der Waals surface area contributed by atoms with Gasteiger partial charge in [0.1, 0.15) is 10.7 Å². The van der Waals surface area contributed by atoms with Crippen LogP contribution in [0.15, 0.2) is 29.6 Å². The molecule has 2 fully saturated rings. The van der Waals surface area contributed by atoms with Crippen LogP contribution in [0.25, 0.3) is 0 Å². The Hall–Kier alpha value is -1.87. The molecule has 1 saturated heterocycles. The minimum Gasteiger partial charge on any atom is -0.379 e. The maximum Gasteiger partial charge on any atom is 0.266 e. The van der Waals surface area contributed by atoms with E-state index in [1.807, 2.05) is 0 Å². The quantitative estimate of drug-likeness (QED) is 0.894. The molecule has 0 spiro atoms. The van der Waals surface area contributed by atoms with Gasteiger partial charge in [-0.25, -0.2) is 13.1 Å². The van der Waals surface area contributed by atoms with Gasteiger partial charge in [0.15, 0.2) is 0 Å². The zero-order chi connectivity index (χ0) is 15.9. The third-order valence-electron chi connectivity index (χ3n) is 4.50. The van der Waals surface area contributed by atoms with Gasteiger partial charge in [-0.1, -0.05) is 0 Å². The van der Waals surface area contributed by atoms with Crippen LogP contribution in [-0.2, 0) is 14.8 Å². The van der Waals surface area contributed by atoms with Crippen LogP contribution in [-0.4, -0.2) is 41.2 Å². The van der Waals surface area contributed by atoms with E-state index in [1.54, 1.807) is 27.8 Å². The molecular weight excluding hydrogens is 318 g/mol. The lowest BCUT2D eigenvalue weighted by molar-refractivity contribution is 0.185. The van der Waals surface area contributed by atoms with Gasteiger partial charge in [-0.15, -0.1) is 0 Å². The highest BCUT2D eigenvalue weighted by atomic mass is 32.2. The first-order chi connectivity index (χ1) is 11.1. The normalized spacial score (nSPS) is 22.2. The highest BCUT2D eigenvalue weighted by molar-refractivity contribution is 7.92. The number of nitrogens with one attached hydrogen (secondary N) is 1. The summed E-state index contributed by atoms with van der Waals surface area (Å²) in [4.78, 5) is 0.180. The Morgan fingerprint density at radius 1 is 1.22 bits per heavy atom. The molecule has 4 rings (SSSR count). The standard InChI is InChI=1S/C14H19N5O3S/c20-23(21,13-8-16-18(9-13)11-2-1-3-11)17-14-4-6-15-19(14)12-5-7-22-10-12/h4,6,8-9,11-12,17H,1-3,5,7,10H2. The van der Waals surface area contributed by atoms with Gasteiger partial charge in [0.25, 0.3) is 10.0 Å². The van der Waals surface area contributed by atoms with Crippen molar-refractivity contribution in [2.24, 2.45) is 0 Å². The third-order valence-corrected chi connectivity index (χ3v) is 5.81. The van der Waals surface area contributed by atoms with Crippen LogP contribution in [0, 0.1) is 0 Å². The number of aromatic nitrogens is 4. The van der Waals surface area contributed by atoms with Crippen molar-refractivity contribution in [2.45, 2.75) is 42.7 Å². The summed E-state index contributed by atoms with van der Waals surface area (Å²) in [5.74, 6) is 0.455. The van der Waals surface area contributed by atoms with Crippen molar-refractivity contribution in [1.29, 1.82) is 0 Å². The van der Waals surface area contributed by atoms with E-state index < -0.39 is 10.0 Å². The Morgan fingerprint density at radius 2 is 2.09 bits per heavy atom. The van der Waals surface area contributed by atoms with Crippen LogP contribution in [0.3, 0.4) is 0 Å². The molecule has 0 aromatic carbocycles. The molecule has 124 valence electrons. The summed E-state index contributed by atoms with van der Waals surface area (Å²) in [6, 6.07) is 2.06. The molecule has 9 heteroatoms. The SMILES string of the molecule is O=S(=O)(Nc1ccnn1C1CCOC1)c1cnn(C2CCC2)c1. The van der Waals surface area contributed by atoms with Gasteiger partial charge in [-0.2, -0.15) is 10.2 Å². The second kappa shape index (κ2) is 5.64. The smallest absolute Gasteiger partial charge is 0.266 e. The van der Waals surface area contributed by atoms with Gasteiger partial charge in [0, 0.05) is 18.9 Å². The summed E-state index contributed by atoms with van der Waals surface area (Å²) in [5.41, 5.74) is 0. The molecule has 2 aromatic heterocycles. The van der Waals surface area contributed by atoms with Crippen molar-refractivity contribution in [3.05, 3.63) is 24.7 Å². The molecule has 1 atom stereocenters. The second-order valence-corrected chi connectivity index (χ2v) is 7.71. The molecule has 2 aliphatic rings. The van der Waals surface area contributed by atoms with Gasteiger partial charge in [-0.3, -0.25) is 9.40 Å². The topological polar surface area (TPSA) is 91.0 Å². The molecule has 0 radical (unpaired) electrons. The van der Waals surface area contributed by atoms with Gasteiger partial charge in [-0.05, 0) is 25.7 Å². The number of anilines is 1. The first-order valence-corrected chi connectivity index (χ1v) is 9.30. The van der Waals surface area contributed by atoms with E-state index in [0.717, 1.165) is 19.3 Å². The van der Waals surface area contributed by atoms with Gasteiger partial charge < -0.3 is 4.74 Å². The predicted molar refractivity (Wildman–Crippen MR) is 82.6 cm³/mol. The van der Waals surface area contributed by atoms with Crippen LogP contribution < -0.4 is 4.72 Å². The van der Waals surface area contributed by atoms with Crippen LogP contribution >= 0.6 is 0 Å². The van der Waals surface area contributed by atoms with E-state index in [-0.39, 0.29) is 10.9 Å². The lowest BCUT2D eigenvalue weighted by Crippen LogP contribution is -2.19. The van der Waals surface area contributed by atoms with Crippen molar-refractivity contribution in [3.8, 4) is 0 Å². The lowest BCUT2D eigenvalue weighted by atomic mass is 9.93. The monoisotopic (exact) mass is 337 g/mol. The number of hydrogen-bond donors (Lipinski definition) is 1. The molecule has 0 amide bonds. The van der Waals surface area contributed by atoms with Crippen LogP contribution in [0.1, 0.15) is 37.8 Å². The Labute approximate surface area is 134 Å². The molecular formula is C14H19N5O3S. The molecule has 1 N–H and O–H groups in total. The van der Waals surface area contributed by atoms with E-state index in [2.05, 4.69) is 14.9 Å². The fourth-order valence-corrected chi connectivity index (χ4v) is 3.90. The molecule has 0 bridgehead atoms. The molecule has 2 aromatic rings. The highest BCUT2D eigenvalue weighted by Gasteiger charge is 2.26. The average molecular weight is 337 g/mol. The van der Waals surface area contributed by atoms with E-state index >= 15 is 0 Å². The summed E-state index contributed by atoms with van der Waals surface area (Å²) in [6.07, 6.45) is 8.72. The van der Waals surface area contributed by atoms with Crippen molar-refractivity contribution in [2.75, 3.05) is 17.9 Å². The highest BCUT2D eigenvalue weighted by Crippen LogP contribution is 2.31.